The van der Waals surface area contributed by atoms with Gasteiger partial charge in [-0.25, -0.2) is 4.79 Å². The molecule has 1 unspecified atom stereocenters. The second kappa shape index (κ2) is 5.14. The van der Waals surface area contributed by atoms with Crippen molar-refractivity contribution in [1.29, 1.82) is 0 Å². The Morgan fingerprint density at radius 3 is 2.87 bits per heavy atom. The van der Waals surface area contributed by atoms with Gasteiger partial charge in [-0.1, -0.05) is 6.58 Å². The lowest BCUT2D eigenvalue weighted by Crippen LogP contribution is -2.13. The molecule has 0 spiro atoms. The molecule has 15 heavy (non-hydrogen) atoms. The molecule has 1 N–H and O–H groups in total. The monoisotopic (exact) mass is 274 g/mol. The first-order valence-corrected chi connectivity index (χ1v) is 5.14. The summed E-state index contributed by atoms with van der Waals surface area (Å²) in [4.78, 5) is 11.2. The Labute approximate surface area is 95.7 Å². The van der Waals surface area contributed by atoms with Gasteiger partial charge in [0.05, 0.1) is 12.2 Å². The summed E-state index contributed by atoms with van der Waals surface area (Å²) in [5.74, 6) is -0.377. The molecule has 0 bridgehead atoms. The van der Waals surface area contributed by atoms with Gasteiger partial charge in [0.2, 0.25) is 0 Å². The van der Waals surface area contributed by atoms with Crippen LogP contribution >= 0.6 is 15.9 Å². The van der Waals surface area contributed by atoms with Gasteiger partial charge in [-0.05, 0) is 35.0 Å². The second-order valence-corrected chi connectivity index (χ2v) is 3.57. The summed E-state index contributed by atoms with van der Waals surface area (Å²) in [7, 11) is 0. The highest BCUT2D eigenvalue weighted by Crippen LogP contribution is 2.25. The van der Waals surface area contributed by atoms with E-state index in [2.05, 4.69) is 22.5 Å². The van der Waals surface area contributed by atoms with E-state index in [9.17, 15) is 9.90 Å². The summed E-state index contributed by atoms with van der Waals surface area (Å²) < 4.78 is 10.3. The van der Waals surface area contributed by atoms with Gasteiger partial charge in [0.1, 0.15) is 11.9 Å². The quantitative estimate of drug-likeness (QED) is 0.676. The van der Waals surface area contributed by atoms with Gasteiger partial charge in [-0.15, -0.1) is 0 Å². The topological polar surface area (TPSA) is 59.7 Å². The van der Waals surface area contributed by atoms with Crippen molar-refractivity contribution in [3.63, 3.8) is 0 Å². The minimum absolute atomic E-state index is 0.0429. The Kier molecular flexibility index (Phi) is 4.11. The van der Waals surface area contributed by atoms with E-state index in [0.717, 1.165) is 0 Å². The fourth-order valence-electron chi connectivity index (χ4n) is 0.982. The van der Waals surface area contributed by atoms with Crippen LogP contribution < -0.4 is 0 Å². The molecule has 0 aliphatic carbocycles. The SMILES string of the molecule is C=C(C(=O)OCC)C(O)c1ccc(Br)o1. The summed E-state index contributed by atoms with van der Waals surface area (Å²) in [6.45, 7) is 5.38. The molecule has 82 valence electrons. The predicted molar refractivity (Wildman–Crippen MR) is 57.1 cm³/mol. The first-order chi connectivity index (χ1) is 7.06. The average molecular weight is 275 g/mol. The van der Waals surface area contributed by atoms with Crippen molar-refractivity contribution in [2.24, 2.45) is 0 Å². The van der Waals surface area contributed by atoms with E-state index in [4.69, 9.17) is 9.15 Å². The molecular weight excluding hydrogens is 264 g/mol. The molecule has 1 aromatic rings. The van der Waals surface area contributed by atoms with Crippen molar-refractivity contribution in [2.45, 2.75) is 13.0 Å². The third kappa shape index (κ3) is 2.94. The molecular formula is C10H11BrO4. The van der Waals surface area contributed by atoms with Gasteiger partial charge in [-0.2, -0.15) is 0 Å². The number of rotatable bonds is 4. The molecule has 1 atom stereocenters. The molecule has 0 aliphatic heterocycles. The molecule has 1 aromatic heterocycles. The van der Waals surface area contributed by atoms with Gasteiger partial charge in [0.15, 0.2) is 4.67 Å². The van der Waals surface area contributed by atoms with Crippen LogP contribution in [0.2, 0.25) is 0 Å². The first-order valence-electron chi connectivity index (χ1n) is 4.35. The zero-order chi connectivity index (χ0) is 11.4. The number of aliphatic hydroxyl groups excluding tert-OH is 1. The van der Waals surface area contributed by atoms with Crippen LogP contribution in [0.3, 0.4) is 0 Å². The molecule has 5 heteroatoms. The van der Waals surface area contributed by atoms with Crippen LogP contribution in [0.1, 0.15) is 18.8 Å². The maximum absolute atomic E-state index is 11.2. The van der Waals surface area contributed by atoms with E-state index < -0.39 is 12.1 Å². The van der Waals surface area contributed by atoms with E-state index >= 15 is 0 Å². The van der Waals surface area contributed by atoms with Crippen molar-refractivity contribution in [1.82, 2.24) is 0 Å². The van der Waals surface area contributed by atoms with Crippen molar-refractivity contribution < 1.29 is 19.1 Å². The van der Waals surface area contributed by atoms with Gasteiger partial charge in [0.25, 0.3) is 0 Å². The van der Waals surface area contributed by atoms with E-state index in [1.165, 1.54) is 0 Å². The molecule has 0 aromatic carbocycles. The zero-order valence-corrected chi connectivity index (χ0v) is 9.78. The highest BCUT2D eigenvalue weighted by Gasteiger charge is 2.22. The van der Waals surface area contributed by atoms with Crippen LogP contribution in [0.15, 0.2) is 33.4 Å². The average Bonchev–Trinajstić information content (AvgIpc) is 2.63. The maximum Gasteiger partial charge on any atom is 0.336 e. The van der Waals surface area contributed by atoms with E-state index in [1.807, 2.05) is 0 Å². The molecule has 0 fully saturated rings. The number of hydrogen-bond acceptors (Lipinski definition) is 4. The van der Waals surface area contributed by atoms with Gasteiger partial charge in [-0.3, -0.25) is 0 Å². The Morgan fingerprint density at radius 1 is 1.73 bits per heavy atom. The van der Waals surface area contributed by atoms with Crippen LogP contribution in [0.25, 0.3) is 0 Å². The Hall–Kier alpha value is -1.07. The highest BCUT2D eigenvalue weighted by molar-refractivity contribution is 9.10. The third-order valence-corrected chi connectivity index (χ3v) is 2.16. The number of ether oxygens (including phenoxy) is 1. The van der Waals surface area contributed by atoms with Crippen LogP contribution in [0.5, 0.6) is 0 Å². The molecule has 0 aliphatic rings. The fourth-order valence-corrected chi connectivity index (χ4v) is 1.30. The number of aliphatic hydroxyl groups is 1. The largest absolute Gasteiger partial charge is 0.463 e. The molecule has 1 heterocycles. The Balaban J connectivity index is 2.72. The number of carbonyl (C=O) groups excluding carboxylic acids is 1. The molecule has 0 saturated carbocycles. The van der Waals surface area contributed by atoms with Crippen LogP contribution in [0, 0.1) is 0 Å². The maximum atomic E-state index is 11.2. The molecule has 4 nitrogen and oxygen atoms in total. The van der Waals surface area contributed by atoms with Crippen LogP contribution in [-0.4, -0.2) is 17.7 Å². The van der Waals surface area contributed by atoms with Crippen LogP contribution in [-0.2, 0) is 9.53 Å². The summed E-state index contributed by atoms with van der Waals surface area (Å²) >= 11 is 3.09. The fraction of sp³-hybridized carbons (Fsp3) is 0.300. The van der Waals surface area contributed by atoms with E-state index in [0.29, 0.717) is 4.67 Å². The summed E-state index contributed by atoms with van der Waals surface area (Å²) in [6, 6.07) is 3.18. The van der Waals surface area contributed by atoms with Crippen molar-refractivity contribution >= 4 is 21.9 Å². The lowest BCUT2D eigenvalue weighted by atomic mass is 10.1. The second-order valence-electron chi connectivity index (χ2n) is 2.79. The number of esters is 1. The minimum atomic E-state index is -1.17. The number of halogens is 1. The molecule has 0 saturated heterocycles. The normalized spacial score (nSPS) is 12.2. The lowest BCUT2D eigenvalue weighted by molar-refractivity contribution is -0.139. The van der Waals surface area contributed by atoms with Gasteiger partial charge in [0, 0.05) is 0 Å². The summed E-state index contributed by atoms with van der Waals surface area (Å²) in [5, 5.41) is 9.68. The Bertz CT molecular complexity index is 369. The zero-order valence-electron chi connectivity index (χ0n) is 8.20. The number of furan rings is 1. The third-order valence-electron chi connectivity index (χ3n) is 1.73. The van der Waals surface area contributed by atoms with Crippen molar-refractivity contribution in [3.8, 4) is 0 Å². The van der Waals surface area contributed by atoms with Gasteiger partial charge < -0.3 is 14.3 Å². The molecule has 1 rings (SSSR count). The molecule has 0 amide bonds. The molecule has 0 radical (unpaired) electrons. The van der Waals surface area contributed by atoms with Crippen molar-refractivity contribution in [3.05, 3.63) is 34.7 Å². The highest BCUT2D eigenvalue weighted by atomic mass is 79.9. The summed E-state index contributed by atoms with van der Waals surface area (Å²) in [5.41, 5.74) is -0.0429. The summed E-state index contributed by atoms with van der Waals surface area (Å²) in [6.07, 6.45) is -1.17. The van der Waals surface area contributed by atoms with Crippen LogP contribution in [0.4, 0.5) is 0 Å². The predicted octanol–water partition coefficient (Wildman–Crippen LogP) is 2.19. The lowest BCUT2D eigenvalue weighted by Gasteiger charge is -2.09. The van der Waals surface area contributed by atoms with Crippen molar-refractivity contribution in [2.75, 3.05) is 6.61 Å². The minimum Gasteiger partial charge on any atom is -0.463 e. The smallest absolute Gasteiger partial charge is 0.336 e. The first kappa shape index (κ1) is 12.0. The standard InChI is InChI=1S/C10H11BrO4/c1-3-14-10(13)6(2)9(12)7-4-5-8(11)15-7/h4-5,9,12H,2-3H2,1H3. The van der Waals surface area contributed by atoms with E-state index in [-0.39, 0.29) is 17.9 Å². The Morgan fingerprint density at radius 2 is 2.40 bits per heavy atom. The van der Waals surface area contributed by atoms with Gasteiger partial charge >= 0.3 is 5.97 Å². The van der Waals surface area contributed by atoms with E-state index in [1.54, 1.807) is 19.1 Å². The number of carbonyl (C=O) groups is 1. The number of hydrogen-bond donors (Lipinski definition) is 1.